The quantitative estimate of drug-likeness (QED) is 0.861. The molecule has 5 heteroatoms. The van der Waals surface area contributed by atoms with Crippen molar-refractivity contribution in [3.63, 3.8) is 0 Å². The number of anilines is 1. The van der Waals surface area contributed by atoms with Gasteiger partial charge in [-0.2, -0.15) is 5.26 Å². The van der Waals surface area contributed by atoms with Crippen LogP contribution in [-0.4, -0.2) is 18.4 Å². The highest BCUT2D eigenvalue weighted by molar-refractivity contribution is 6.00. The molecule has 144 valence electrons. The number of hydrogen-bond donors (Lipinski definition) is 1. The van der Waals surface area contributed by atoms with Crippen LogP contribution in [-0.2, 0) is 9.59 Å². The summed E-state index contributed by atoms with van der Waals surface area (Å²) < 4.78 is 0. The maximum absolute atomic E-state index is 12.7. The molecule has 2 aromatic rings. The van der Waals surface area contributed by atoms with Crippen LogP contribution in [0.15, 0.2) is 48.5 Å². The second kappa shape index (κ2) is 8.26. The van der Waals surface area contributed by atoms with Crippen molar-refractivity contribution >= 4 is 17.5 Å². The van der Waals surface area contributed by atoms with Crippen molar-refractivity contribution in [1.82, 2.24) is 5.32 Å². The standard InChI is InChI=1S/C23H25N3O2/c1-15(2)19-5-4-6-21(11-19)26-14-20(12-22(26)27)23(28)25-16(3)18-9-7-17(13-24)8-10-18/h4-11,15-16,20H,12,14H2,1-3H3,(H,25,28)/t16-,20-/m0/s1. The van der Waals surface area contributed by atoms with E-state index < -0.39 is 0 Å². The van der Waals surface area contributed by atoms with Crippen LogP contribution in [0.3, 0.4) is 0 Å². The molecule has 0 spiro atoms. The van der Waals surface area contributed by atoms with Gasteiger partial charge in [0, 0.05) is 18.7 Å². The first-order chi connectivity index (χ1) is 13.4. The number of rotatable bonds is 5. The summed E-state index contributed by atoms with van der Waals surface area (Å²) in [6, 6.07) is 17.0. The Morgan fingerprint density at radius 1 is 1.14 bits per heavy atom. The Labute approximate surface area is 166 Å². The zero-order chi connectivity index (χ0) is 20.3. The highest BCUT2D eigenvalue weighted by Crippen LogP contribution is 2.28. The van der Waals surface area contributed by atoms with Crippen LogP contribution in [0.4, 0.5) is 5.69 Å². The monoisotopic (exact) mass is 375 g/mol. The molecule has 0 saturated carbocycles. The SMILES string of the molecule is CC(C)c1cccc(N2C[C@@H](C(=O)N[C@@H](C)c3ccc(C#N)cc3)CC2=O)c1. The Bertz CT molecular complexity index is 912. The fourth-order valence-corrected chi connectivity index (χ4v) is 3.45. The highest BCUT2D eigenvalue weighted by Gasteiger charge is 2.35. The summed E-state index contributed by atoms with van der Waals surface area (Å²) in [5, 5.41) is 11.9. The zero-order valence-corrected chi connectivity index (χ0v) is 16.5. The molecule has 1 N–H and O–H groups in total. The van der Waals surface area contributed by atoms with Crippen molar-refractivity contribution in [2.75, 3.05) is 11.4 Å². The predicted octanol–water partition coefficient (Wildman–Crippen LogP) is 3.91. The van der Waals surface area contributed by atoms with Gasteiger partial charge in [0.25, 0.3) is 0 Å². The average Bonchev–Trinajstić information content (AvgIpc) is 3.10. The molecule has 1 heterocycles. The fourth-order valence-electron chi connectivity index (χ4n) is 3.45. The summed E-state index contributed by atoms with van der Waals surface area (Å²) in [6.07, 6.45) is 0.220. The van der Waals surface area contributed by atoms with E-state index in [4.69, 9.17) is 5.26 Å². The van der Waals surface area contributed by atoms with Gasteiger partial charge in [-0.15, -0.1) is 0 Å². The normalized spacial score (nSPS) is 17.5. The van der Waals surface area contributed by atoms with Crippen molar-refractivity contribution in [2.24, 2.45) is 5.92 Å². The van der Waals surface area contributed by atoms with Gasteiger partial charge in [-0.25, -0.2) is 0 Å². The molecule has 3 rings (SSSR count). The minimum Gasteiger partial charge on any atom is -0.349 e. The molecule has 0 aromatic heterocycles. The van der Waals surface area contributed by atoms with E-state index in [0.717, 1.165) is 11.3 Å². The lowest BCUT2D eigenvalue weighted by molar-refractivity contribution is -0.126. The molecular weight excluding hydrogens is 350 g/mol. The van der Waals surface area contributed by atoms with Gasteiger partial charge in [-0.05, 0) is 48.2 Å². The number of benzene rings is 2. The van der Waals surface area contributed by atoms with Crippen molar-refractivity contribution < 1.29 is 9.59 Å². The Balaban J connectivity index is 1.66. The van der Waals surface area contributed by atoms with Gasteiger partial charge >= 0.3 is 0 Å². The maximum atomic E-state index is 12.7. The second-order valence-corrected chi connectivity index (χ2v) is 7.62. The largest absolute Gasteiger partial charge is 0.349 e. The average molecular weight is 375 g/mol. The first kappa shape index (κ1) is 19.6. The van der Waals surface area contributed by atoms with Gasteiger partial charge in [-0.3, -0.25) is 9.59 Å². The van der Waals surface area contributed by atoms with E-state index >= 15 is 0 Å². The third-order valence-electron chi connectivity index (χ3n) is 5.24. The van der Waals surface area contributed by atoms with Crippen LogP contribution in [0.1, 0.15) is 55.8 Å². The number of nitrogens with one attached hydrogen (secondary N) is 1. The van der Waals surface area contributed by atoms with E-state index in [2.05, 4.69) is 31.3 Å². The van der Waals surface area contributed by atoms with Crippen LogP contribution >= 0.6 is 0 Å². The third-order valence-corrected chi connectivity index (χ3v) is 5.24. The Morgan fingerprint density at radius 3 is 2.50 bits per heavy atom. The minimum atomic E-state index is -0.365. The van der Waals surface area contributed by atoms with E-state index in [0.29, 0.717) is 18.0 Å². The number of carbonyl (C=O) groups is 2. The highest BCUT2D eigenvalue weighted by atomic mass is 16.2. The van der Waals surface area contributed by atoms with Crippen molar-refractivity contribution in [2.45, 2.75) is 39.2 Å². The van der Waals surface area contributed by atoms with E-state index in [-0.39, 0.29) is 30.2 Å². The molecule has 2 amide bonds. The number of carbonyl (C=O) groups excluding carboxylic acids is 2. The first-order valence-corrected chi connectivity index (χ1v) is 9.59. The Morgan fingerprint density at radius 2 is 1.86 bits per heavy atom. The Kier molecular flexibility index (Phi) is 5.79. The molecular formula is C23H25N3O2. The second-order valence-electron chi connectivity index (χ2n) is 7.62. The van der Waals surface area contributed by atoms with Gasteiger partial charge in [-0.1, -0.05) is 38.1 Å². The molecule has 1 saturated heterocycles. The van der Waals surface area contributed by atoms with Gasteiger partial charge in [0.2, 0.25) is 11.8 Å². The molecule has 2 aromatic carbocycles. The lowest BCUT2D eigenvalue weighted by atomic mass is 10.0. The summed E-state index contributed by atoms with van der Waals surface area (Å²) >= 11 is 0. The van der Waals surface area contributed by atoms with Crippen LogP contribution in [0.5, 0.6) is 0 Å². The molecule has 0 bridgehead atoms. The molecule has 2 atom stereocenters. The number of amides is 2. The third kappa shape index (κ3) is 4.23. The molecule has 0 unspecified atom stereocenters. The number of nitriles is 1. The van der Waals surface area contributed by atoms with Crippen molar-refractivity contribution in [3.8, 4) is 6.07 Å². The van der Waals surface area contributed by atoms with E-state index in [1.54, 1.807) is 17.0 Å². The van der Waals surface area contributed by atoms with Crippen LogP contribution < -0.4 is 10.2 Å². The summed E-state index contributed by atoms with van der Waals surface area (Å²) in [4.78, 5) is 26.9. The fraction of sp³-hybridized carbons (Fsp3) is 0.348. The molecule has 0 radical (unpaired) electrons. The number of nitrogens with zero attached hydrogens (tertiary/aromatic N) is 2. The molecule has 1 fully saturated rings. The van der Waals surface area contributed by atoms with Crippen molar-refractivity contribution in [3.05, 3.63) is 65.2 Å². The van der Waals surface area contributed by atoms with Crippen molar-refractivity contribution in [1.29, 1.82) is 5.26 Å². The Hall–Kier alpha value is -3.13. The molecule has 0 aliphatic carbocycles. The smallest absolute Gasteiger partial charge is 0.227 e. The van der Waals surface area contributed by atoms with E-state index in [1.807, 2.05) is 37.3 Å². The summed E-state index contributed by atoms with van der Waals surface area (Å²) in [5.74, 6) is -0.124. The maximum Gasteiger partial charge on any atom is 0.227 e. The van der Waals surface area contributed by atoms with E-state index in [9.17, 15) is 9.59 Å². The van der Waals surface area contributed by atoms with Gasteiger partial charge in [0.05, 0.1) is 23.6 Å². The topological polar surface area (TPSA) is 73.2 Å². The summed E-state index contributed by atoms with van der Waals surface area (Å²) in [7, 11) is 0. The molecule has 1 aliphatic heterocycles. The molecule has 1 aliphatic rings. The van der Waals surface area contributed by atoms with Crippen LogP contribution in [0, 0.1) is 17.2 Å². The minimum absolute atomic E-state index is 0.0212. The van der Waals surface area contributed by atoms with Crippen LogP contribution in [0.2, 0.25) is 0 Å². The van der Waals surface area contributed by atoms with Gasteiger partial charge in [0.15, 0.2) is 0 Å². The lowest BCUT2D eigenvalue weighted by Gasteiger charge is -2.20. The molecule has 28 heavy (non-hydrogen) atoms. The first-order valence-electron chi connectivity index (χ1n) is 9.59. The predicted molar refractivity (Wildman–Crippen MR) is 109 cm³/mol. The lowest BCUT2D eigenvalue weighted by Crippen LogP contribution is -2.34. The zero-order valence-electron chi connectivity index (χ0n) is 16.5. The molecule has 5 nitrogen and oxygen atoms in total. The number of hydrogen-bond acceptors (Lipinski definition) is 3. The summed E-state index contributed by atoms with van der Waals surface area (Å²) in [5.41, 5.74) is 3.54. The van der Waals surface area contributed by atoms with Crippen LogP contribution in [0.25, 0.3) is 0 Å². The van der Waals surface area contributed by atoms with Gasteiger partial charge < -0.3 is 10.2 Å². The summed E-state index contributed by atoms with van der Waals surface area (Å²) in [6.45, 7) is 6.53. The van der Waals surface area contributed by atoms with E-state index in [1.165, 1.54) is 5.56 Å². The van der Waals surface area contributed by atoms with Gasteiger partial charge in [0.1, 0.15) is 0 Å².